The molecule has 2 N–H and O–H groups in total. The molecule has 1 aromatic carbocycles. The van der Waals surface area contributed by atoms with E-state index in [0.717, 1.165) is 17.7 Å². The van der Waals surface area contributed by atoms with Gasteiger partial charge in [-0.3, -0.25) is 0 Å². The van der Waals surface area contributed by atoms with Crippen molar-refractivity contribution in [1.29, 1.82) is 0 Å². The molecular weight excluding hydrogens is 296 g/mol. The summed E-state index contributed by atoms with van der Waals surface area (Å²) in [5, 5.41) is 5.59. The summed E-state index contributed by atoms with van der Waals surface area (Å²) >= 11 is 0. The van der Waals surface area contributed by atoms with E-state index in [1.54, 1.807) is 26.5 Å². The summed E-state index contributed by atoms with van der Waals surface area (Å²) in [6.45, 7) is 0.898. The van der Waals surface area contributed by atoms with Crippen LogP contribution in [0.5, 0.6) is 5.75 Å². The second-order valence-corrected chi connectivity index (χ2v) is 4.97. The maximum absolute atomic E-state index is 11.8. The molecule has 6 heteroatoms. The van der Waals surface area contributed by atoms with Crippen LogP contribution < -0.4 is 15.4 Å². The summed E-state index contributed by atoms with van der Waals surface area (Å²) < 4.78 is 15.7. The molecule has 124 valence electrons. The van der Waals surface area contributed by atoms with Crippen molar-refractivity contribution in [3.8, 4) is 5.75 Å². The van der Waals surface area contributed by atoms with Gasteiger partial charge in [-0.05, 0) is 36.2 Å². The highest BCUT2D eigenvalue weighted by Crippen LogP contribution is 2.15. The highest BCUT2D eigenvalue weighted by atomic mass is 16.5. The summed E-state index contributed by atoms with van der Waals surface area (Å²) in [4.78, 5) is 11.8. The van der Waals surface area contributed by atoms with Crippen molar-refractivity contribution in [2.45, 2.75) is 12.5 Å². The van der Waals surface area contributed by atoms with E-state index in [1.165, 1.54) is 0 Å². The van der Waals surface area contributed by atoms with Crippen LogP contribution in [0.4, 0.5) is 4.79 Å². The van der Waals surface area contributed by atoms with E-state index in [4.69, 9.17) is 13.9 Å². The van der Waals surface area contributed by atoms with Gasteiger partial charge in [-0.25, -0.2) is 4.79 Å². The molecule has 2 rings (SSSR count). The largest absolute Gasteiger partial charge is 0.497 e. The number of furan rings is 1. The number of ether oxygens (including phenoxy) is 2. The van der Waals surface area contributed by atoms with Gasteiger partial charge in [0.1, 0.15) is 17.6 Å². The Balaban J connectivity index is 1.68. The van der Waals surface area contributed by atoms with Crippen LogP contribution in [0.2, 0.25) is 0 Å². The fraction of sp³-hybridized carbons (Fsp3) is 0.353. The van der Waals surface area contributed by atoms with E-state index in [9.17, 15) is 4.79 Å². The van der Waals surface area contributed by atoms with Crippen LogP contribution in [0, 0.1) is 0 Å². The Morgan fingerprint density at radius 3 is 2.57 bits per heavy atom. The predicted molar refractivity (Wildman–Crippen MR) is 86.6 cm³/mol. The van der Waals surface area contributed by atoms with Gasteiger partial charge in [0.25, 0.3) is 0 Å². The van der Waals surface area contributed by atoms with Crippen LogP contribution >= 0.6 is 0 Å². The second-order valence-electron chi connectivity index (χ2n) is 4.97. The Labute approximate surface area is 135 Å². The van der Waals surface area contributed by atoms with Crippen LogP contribution in [0.1, 0.15) is 17.4 Å². The van der Waals surface area contributed by atoms with Gasteiger partial charge >= 0.3 is 6.03 Å². The lowest BCUT2D eigenvalue weighted by molar-refractivity contribution is 0.0850. The van der Waals surface area contributed by atoms with Crippen molar-refractivity contribution in [2.75, 3.05) is 27.3 Å². The molecule has 0 aliphatic heterocycles. The predicted octanol–water partition coefficient (Wildman–Crippen LogP) is 2.52. The molecule has 0 fully saturated rings. The van der Waals surface area contributed by atoms with Crippen LogP contribution in [0.3, 0.4) is 0 Å². The third kappa shape index (κ3) is 5.34. The van der Waals surface area contributed by atoms with Crippen LogP contribution in [0.25, 0.3) is 0 Å². The highest BCUT2D eigenvalue weighted by molar-refractivity contribution is 5.73. The number of benzene rings is 1. The number of carbonyl (C=O) groups excluding carboxylic acids is 1. The van der Waals surface area contributed by atoms with E-state index < -0.39 is 0 Å². The van der Waals surface area contributed by atoms with E-state index in [0.29, 0.717) is 18.8 Å². The van der Waals surface area contributed by atoms with Gasteiger partial charge in [-0.2, -0.15) is 0 Å². The fourth-order valence-corrected chi connectivity index (χ4v) is 2.14. The number of nitrogens with one attached hydrogen (secondary N) is 2. The first-order valence-electron chi connectivity index (χ1n) is 7.43. The molecule has 1 atom stereocenters. The monoisotopic (exact) mass is 318 g/mol. The molecule has 1 heterocycles. The standard InChI is InChI=1S/C17H22N2O4/c1-21-14-7-5-13(6-8-14)9-10-18-17(20)19-12-16(22-2)15-4-3-11-23-15/h3-8,11,16H,9-10,12H2,1-2H3,(H2,18,19,20)/t16-/m0/s1. The van der Waals surface area contributed by atoms with Crippen molar-refractivity contribution in [2.24, 2.45) is 0 Å². The molecule has 2 aromatic rings. The smallest absolute Gasteiger partial charge is 0.314 e. The van der Waals surface area contributed by atoms with E-state index in [2.05, 4.69) is 10.6 Å². The zero-order valence-corrected chi connectivity index (χ0v) is 13.4. The summed E-state index contributed by atoms with van der Waals surface area (Å²) in [5.74, 6) is 1.51. The first-order valence-corrected chi connectivity index (χ1v) is 7.43. The topological polar surface area (TPSA) is 72.7 Å². The van der Waals surface area contributed by atoms with Crippen LogP contribution in [-0.4, -0.2) is 33.3 Å². The van der Waals surface area contributed by atoms with Crippen molar-refractivity contribution < 1.29 is 18.7 Å². The minimum atomic E-state index is -0.294. The van der Waals surface area contributed by atoms with Crippen molar-refractivity contribution in [1.82, 2.24) is 10.6 Å². The number of carbonyl (C=O) groups is 1. The molecule has 6 nitrogen and oxygen atoms in total. The van der Waals surface area contributed by atoms with Crippen LogP contribution in [-0.2, 0) is 11.2 Å². The third-order valence-electron chi connectivity index (χ3n) is 3.45. The summed E-state index contributed by atoms with van der Waals surface area (Å²) in [7, 11) is 3.22. The Kier molecular flexibility index (Phi) is 6.50. The quantitative estimate of drug-likeness (QED) is 0.784. The van der Waals surface area contributed by atoms with Gasteiger partial charge in [-0.1, -0.05) is 12.1 Å². The van der Waals surface area contributed by atoms with Gasteiger partial charge in [0.05, 0.1) is 19.9 Å². The lowest BCUT2D eigenvalue weighted by Crippen LogP contribution is -2.38. The average molecular weight is 318 g/mol. The average Bonchev–Trinajstić information content (AvgIpc) is 3.10. The minimum Gasteiger partial charge on any atom is -0.497 e. The molecular formula is C17H22N2O4. The lowest BCUT2D eigenvalue weighted by atomic mass is 10.1. The Bertz CT molecular complexity index is 581. The third-order valence-corrected chi connectivity index (χ3v) is 3.45. The SMILES string of the molecule is COc1ccc(CCNC(=O)NC[C@H](OC)c2ccco2)cc1. The van der Waals surface area contributed by atoms with Gasteiger partial charge in [0, 0.05) is 13.7 Å². The van der Waals surface area contributed by atoms with Gasteiger partial charge in [0.2, 0.25) is 0 Å². The van der Waals surface area contributed by atoms with E-state index >= 15 is 0 Å². The maximum atomic E-state index is 11.8. The number of amides is 2. The molecule has 0 spiro atoms. The molecule has 0 saturated carbocycles. The molecule has 1 aromatic heterocycles. The number of hydrogen-bond donors (Lipinski definition) is 2. The number of rotatable bonds is 8. The first-order chi connectivity index (χ1) is 11.2. The molecule has 0 saturated heterocycles. The normalized spacial score (nSPS) is 11.7. The summed E-state index contributed by atoms with van der Waals surface area (Å²) in [6.07, 6.45) is 2.04. The van der Waals surface area contributed by atoms with Crippen molar-refractivity contribution >= 4 is 6.03 Å². The fourth-order valence-electron chi connectivity index (χ4n) is 2.14. The van der Waals surface area contributed by atoms with Gasteiger partial charge < -0.3 is 24.5 Å². The Morgan fingerprint density at radius 1 is 1.17 bits per heavy atom. The van der Waals surface area contributed by atoms with Crippen LogP contribution in [0.15, 0.2) is 47.1 Å². The Hall–Kier alpha value is -2.47. The number of hydrogen-bond acceptors (Lipinski definition) is 4. The maximum Gasteiger partial charge on any atom is 0.314 e. The molecule has 0 unspecified atom stereocenters. The Morgan fingerprint density at radius 2 is 1.96 bits per heavy atom. The second kappa shape index (κ2) is 8.85. The molecule has 2 amide bonds. The summed E-state index contributed by atoms with van der Waals surface area (Å²) in [5.41, 5.74) is 1.14. The number of methoxy groups -OCH3 is 2. The molecule has 0 radical (unpaired) electrons. The summed E-state index contributed by atoms with van der Waals surface area (Å²) in [6, 6.07) is 11.1. The zero-order valence-electron chi connectivity index (χ0n) is 13.4. The van der Waals surface area contributed by atoms with Gasteiger partial charge in [-0.15, -0.1) is 0 Å². The lowest BCUT2D eigenvalue weighted by Gasteiger charge is -2.14. The molecule has 0 aliphatic rings. The number of urea groups is 1. The molecule has 23 heavy (non-hydrogen) atoms. The molecule has 0 bridgehead atoms. The van der Waals surface area contributed by atoms with E-state index in [-0.39, 0.29) is 12.1 Å². The van der Waals surface area contributed by atoms with Gasteiger partial charge in [0.15, 0.2) is 0 Å². The molecule has 0 aliphatic carbocycles. The zero-order chi connectivity index (χ0) is 16.5. The van der Waals surface area contributed by atoms with E-state index in [1.807, 2.05) is 30.3 Å². The first kappa shape index (κ1) is 16.9. The van der Waals surface area contributed by atoms with Crippen molar-refractivity contribution in [3.63, 3.8) is 0 Å². The minimum absolute atomic E-state index is 0.230. The highest BCUT2D eigenvalue weighted by Gasteiger charge is 2.14. The van der Waals surface area contributed by atoms with Crippen molar-refractivity contribution in [3.05, 3.63) is 54.0 Å².